The molecule has 1 saturated heterocycles. The highest BCUT2D eigenvalue weighted by Crippen LogP contribution is 2.40. The van der Waals surface area contributed by atoms with E-state index in [1.54, 1.807) is 30.3 Å². The molecule has 3 rings (SSSR count). The number of rotatable bonds is 7. The number of nitrogens with one attached hydrogen (secondary N) is 1. The summed E-state index contributed by atoms with van der Waals surface area (Å²) in [6.07, 6.45) is 0.689. The Labute approximate surface area is 191 Å². The van der Waals surface area contributed by atoms with Crippen molar-refractivity contribution in [2.24, 2.45) is 0 Å². The van der Waals surface area contributed by atoms with E-state index in [0.29, 0.717) is 29.3 Å². The first-order valence-corrected chi connectivity index (χ1v) is 10.6. The van der Waals surface area contributed by atoms with Crippen molar-refractivity contribution >= 4 is 40.7 Å². The zero-order valence-electron chi connectivity index (χ0n) is 17.6. The van der Waals surface area contributed by atoms with Gasteiger partial charge in [0.05, 0.1) is 38.8 Å². The molecule has 0 spiro atoms. The van der Waals surface area contributed by atoms with Gasteiger partial charge in [0, 0.05) is 23.6 Å². The number of ketones is 1. The van der Waals surface area contributed by atoms with E-state index in [-0.39, 0.29) is 16.2 Å². The molecule has 6 nitrogen and oxygen atoms in total. The van der Waals surface area contributed by atoms with Gasteiger partial charge in [0.2, 0.25) is 5.78 Å². The van der Waals surface area contributed by atoms with Crippen molar-refractivity contribution in [3.63, 3.8) is 0 Å². The van der Waals surface area contributed by atoms with Crippen LogP contribution in [-0.2, 0) is 9.59 Å². The fourth-order valence-electron chi connectivity index (χ4n) is 3.69. The van der Waals surface area contributed by atoms with E-state index < -0.39 is 23.5 Å². The molecule has 1 unspecified atom stereocenters. The number of benzene rings is 2. The van der Waals surface area contributed by atoms with E-state index in [0.717, 1.165) is 6.54 Å². The number of likely N-dealkylation sites (tertiary alicyclic amines) is 1. The van der Waals surface area contributed by atoms with Gasteiger partial charge in [0.1, 0.15) is 5.75 Å². The Morgan fingerprint density at radius 1 is 1.16 bits per heavy atom. The van der Waals surface area contributed by atoms with Crippen LogP contribution in [0.3, 0.4) is 0 Å². The van der Waals surface area contributed by atoms with Crippen LogP contribution in [0.1, 0.15) is 23.6 Å². The first-order valence-electron chi connectivity index (χ1n) is 9.89. The zero-order chi connectivity index (χ0) is 22.7. The molecular weight excluding hydrogens is 439 g/mol. The minimum absolute atomic E-state index is 0.0919. The minimum Gasteiger partial charge on any atom is -0.872 e. The number of Topliss-reactive ketones (excluding diaryl/α,β-unsaturated/α-hetero) is 1. The number of quaternary nitrogens is 1. The maximum atomic E-state index is 13.4. The van der Waals surface area contributed by atoms with Crippen LogP contribution in [0.15, 0.2) is 48.0 Å². The standard InChI is InChI=1S/C23H24Cl2N2O4/c1-26(2)10-5-11-27-20(14-6-4-7-16(24)12-14)19(22(29)23(27)30)21(28)15-8-9-18(31-3)17(25)13-15/h4,6-9,12-13,20,28H,5,10-11H2,1-3H3. The van der Waals surface area contributed by atoms with Crippen LogP contribution >= 0.6 is 23.2 Å². The van der Waals surface area contributed by atoms with Gasteiger partial charge >= 0.3 is 0 Å². The summed E-state index contributed by atoms with van der Waals surface area (Å²) in [5, 5.41) is 14.1. The summed E-state index contributed by atoms with van der Waals surface area (Å²) >= 11 is 12.3. The quantitative estimate of drug-likeness (QED) is 0.386. The van der Waals surface area contributed by atoms with Gasteiger partial charge in [-0.2, -0.15) is 0 Å². The first kappa shape index (κ1) is 23.1. The van der Waals surface area contributed by atoms with Crippen LogP contribution in [-0.4, -0.2) is 50.9 Å². The van der Waals surface area contributed by atoms with E-state index in [1.807, 2.05) is 14.1 Å². The predicted molar refractivity (Wildman–Crippen MR) is 118 cm³/mol. The van der Waals surface area contributed by atoms with E-state index in [1.165, 1.54) is 29.0 Å². The molecule has 2 aromatic rings. The molecule has 1 N–H and O–H groups in total. The second kappa shape index (κ2) is 9.73. The Morgan fingerprint density at radius 3 is 2.52 bits per heavy atom. The van der Waals surface area contributed by atoms with E-state index in [9.17, 15) is 14.7 Å². The fraction of sp³-hybridized carbons (Fsp3) is 0.304. The van der Waals surface area contributed by atoms with Gasteiger partial charge in [-0.05, 0) is 35.4 Å². The van der Waals surface area contributed by atoms with Crippen LogP contribution in [0.25, 0.3) is 5.76 Å². The van der Waals surface area contributed by atoms with Crippen molar-refractivity contribution in [3.05, 3.63) is 69.2 Å². The number of ether oxygens (including phenoxy) is 1. The second-order valence-electron chi connectivity index (χ2n) is 7.69. The van der Waals surface area contributed by atoms with Crippen molar-refractivity contribution in [2.75, 3.05) is 34.3 Å². The third-order valence-electron chi connectivity index (χ3n) is 5.18. The van der Waals surface area contributed by atoms with Gasteiger partial charge in [0.15, 0.2) is 0 Å². The number of nitrogens with zero attached hydrogens (tertiary/aromatic N) is 1. The summed E-state index contributed by atoms with van der Waals surface area (Å²) in [6, 6.07) is 10.6. The van der Waals surface area contributed by atoms with E-state index in [4.69, 9.17) is 27.9 Å². The molecule has 1 heterocycles. The molecule has 1 atom stereocenters. The number of carbonyl (C=O) groups is 2. The monoisotopic (exact) mass is 462 g/mol. The molecule has 0 saturated carbocycles. The number of hydrogen-bond acceptors (Lipinski definition) is 4. The highest BCUT2D eigenvalue weighted by molar-refractivity contribution is 6.46. The summed E-state index contributed by atoms with van der Waals surface area (Å²) in [6.45, 7) is 1.17. The largest absolute Gasteiger partial charge is 0.872 e. The molecule has 0 bridgehead atoms. The molecule has 0 aromatic heterocycles. The van der Waals surface area contributed by atoms with Crippen LogP contribution < -0.4 is 14.7 Å². The summed E-state index contributed by atoms with van der Waals surface area (Å²) in [7, 11) is 5.50. The second-order valence-corrected chi connectivity index (χ2v) is 8.53. The van der Waals surface area contributed by atoms with Crippen LogP contribution in [0.2, 0.25) is 10.0 Å². The van der Waals surface area contributed by atoms with Crippen LogP contribution in [0.4, 0.5) is 0 Å². The molecule has 1 amide bonds. The minimum atomic E-state index is -0.802. The van der Waals surface area contributed by atoms with Gasteiger partial charge in [0.25, 0.3) is 5.91 Å². The lowest BCUT2D eigenvalue weighted by atomic mass is 9.95. The topological polar surface area (TPSA) is 74.1 Å². The highest BCUT2D eigenvalue weighted by atomic mass is 35.5. The average Bonchev–Trinajstić information content (AvgIpc) is 2.98. The lowest BCUT2D eigenvalue weighted by Crippen LogP contribution is -3.05. The van der Waals surface area contributed by atoms with Gasteiger partial charge < -0.3 is 19.6 Å². The average molecular weight is 463 g/mol. The Balaban J connectivity index is 2.11. The lowest BCUT2D eigenvalue weighted by molar-refractivity contribution is -0.858. The van der Waals surface area contributed by atoms with Gasteiger partial charge in [-0.25, -0.2) is 0 Å². The number of hydrogen-bond donors (Lipinski definition) is 1. The number of amides is 1. The molecule has 0 radical (unpaired) electrons. The Morgan fingerprint density at radius 2 is 1.90 bits per heavy atom. The molecular formula is C23H24Cl2N2O4. The number of methoxy groups -OCH3 is 1. The molecule has 8 heteroatoms. The fourth-order valence-corrected chi connectivity index (χ4v) is 4.15. The molecule has 164 valence electrons. The van der Waals surface area contributed by atoms with E-state index >= 15 is 0 Å². The maximum Gasteiger partial charge on any atom is 0.295 e. The smallest absolute Gasteiger partial charge is 0.295 e. The van der Waals surface area contributed by atoms with Crippen molar-refractivity contribution in [2.45, 2.75) is 12.5 Å². The molecule has 31 heavy (non-hydrogen) atoms. The Bertz CT molecular complexity index is 1040. The molecule has 1 aliphatic heterocycles. The lowest BCUT2D eigenvalue weighted by Gasteiger charge is -2.28. The number of carbonyl (C=O) groups excluding carboxylic acids is 2. The third-order valence-corrected chi connectivity index (χ3v) is 5.71. The zero-order valence-corrected chi connectivity index (χ0v) is 19.1. The first-order chi connectivity index (χ1) is 14.7. The molecule has 1 aliphatic rings. The summed E-state index contributed by atoms with van der Waals surface area (Å²) in [4.78, 5) is 28.5. The maximum absolute atomic E-state index is 13.4. The number of halogens is 2. The van der Waals surface area contributed by atoms with E-state index in [2.05, 4.69) is 0 Å². The highest BCUT2D eigenvalue weighted by Gasteiger charge is 2.44. The Hall–Kier alpha value is -2.54. The summed E-state index contributed by atoms with van der Waals surface area (Å²) < 4.78 is 5.13. The predicted octanol–water partition coefficient (Wildman–Crippen LogP) is 1.76. The van der Waals surface area contributed by atoms with Gasteiger partial charge in [-0.3, -0.25) is 9.59 Å². The van der Waals surface area contributed by atoms with Crippen LogP contribution in [0, 0.1) is 0 Å². The van der Waals surface area contributed by atoms with Crippen molar-refractivity contribution in [1.29, 1.82) is 0 Å². The van der Waals surface area contributed by atoms with Crippen LogP contribution in [0.5, 0.6) is 5.75 Å². The van der Waals surface area contributed by atoms with Gasteiger partial charge in [-0.15, -0.1) is 0 Å². The summed E-state index contributed by atoms with van der Waals surface area (Å²) in [5.74, 6) is -1.59. The van der Waals surface area contributed by atoms with Crippen molar-refractivity contribution in [1.82, 2.24) is 4.90 Å². The Kier molecular flexibility index (Phi) is 7.26. The third kappa shape index (κ3) is 4.87. The van der Waals surface area contributed by atoms with Gasteiger partial charge in [-0.1, -0.05) is 47.2 Å². The van der Waals surface area contributed by atoms with Crippen molar-refractivity contribution < 1.29 is 24.3 Å². The van der Waals surface area contributed by atoms with Crippen molar-refractivity contribution in [3.8, 4) is 5.75 Å². The normalized spacial score (nSPS) is 18.1. The molecule has 0 aliphatic carbocycles. The molecule has 2 aromatic carbocycles. The summed E-state index contributed by atoms with van der Waals surface area (Å²) in [5.41, 5.74) is 0.742. The molecule has 1 fully saturated rings. The SMILES string of the molecule is COc1ccc(C([O-])=C2C(=O)C(=O)N(CCC[NH+](C)C)C2c2cccc(Cl)c2)cc1Cl.